The monoisotopic (exact) mass is 467 g/mol. The average Bonchev–Trinajstić information content (AvgIpc) is 3.25. The van der Waals surface area contributed by atoms with Crippen molar-refractivity contribution in [3.8, 4) is 11.5 Å². The molecule has 0 spiro atoms. The number of hydrazine groups is 1. The maximum Gasteiger partial charge on any atom is 0.270 e. The first-order valence-electron chi connectivity index (χ1n) is 9.93. The van der Waals surface area contributed by atoms with Crippen molar-refractivity contribution in [1.29, 1.82) is 0 Å². The predicted molar refractivity (Wildman–Crippen MR) is 121 cm³/mol. The zero-order chi connectivity index (χ0) is 23.6. The van der Waals surface area contributed by atoms with E-state index in [9.17, 15) is 18.0 Å². The number of ether oxygens (including phenoxy) is 2. The van der Waals surface area contributed by atoms with Crippen molar-refractivity contribution in [2.75, 3.05) is 11.5 Å². The largest absolute Gasteiger partial charge is 0.454 e. The third-order valence-electron chi connectivity index (χ3n) is 4.96. The SMILES string of the molecule is Cc1cccc(NS(=O)(=O)c2ccc(C)c(C(=O)NNC(=O)c3ccc4c(c3)OCO4)c2)c1. The Hall–Kier alpha value is -4.05. The van der Waals surface area contributed by atoms with Crippen LogP contribution in [0.4, 0.5) is 5.69 Å². The second kappa shape index (κ2) is 8.83. The average molecular weight is 468 g/mol. The van der Waals surface area contributed by atoms with Gasteiger partial charge in [0.25, 0.3) is 21.8 Å². The second-order valence-corrected chi connectivity index (χ2v) is 9.11. The zero-order valence-corrected chi connectivity index (χ0v) is 18.7. The lowest BCUT2D eigenvalue weighted by Gasteiger charge is -2.13. The fourth-order valence-corrected chi connectivity index (χ4v) is 4.30. The minimum atomic E-state index is -3.93. The van der Waals surface area contributed by atoms with Crippen molar-refractivity contribution in [2.24, 2.45) is 0 Å². The molecule has 1 aliphatic rings. The molecule has 0 fully saturated rings. The van der Waals surface area contributed by atoms with Crippen LogP contribution in [-0.4, -0.2) is 27.0 Å². The fourth-order valence-electron chi connectivity index (χ4n) is 3.23. The lowest BCUT2D eigenvalue weighted by atomic mass is 10.1. The van der Waals surface area contributed by atoms with Crippen LogP contribution in [0.25, 0.3) is 0 Å². The summed E-state index contributed by atoms with van der Waals surface area (Å²) in [6.07, 6.45) is 0. The number of carbonyl (C=O) groups is 2. The zero-order valence-electron chi connectivity index (χ0n) is 17.8. The summed E-state index contributed by atoms with van der Waals surface area (Å²) in [6, 6.07) is 15.8. The van der Waals surface area contributed by atoms with Gasteiger partial charge in [-0.3, -0.25) is 25.2 Å². The Bertz CT molecular complexity index is 1350. The van der Waals surface area contributed by atoms with E-state index in [2.05, 4.69) is 15.6 Å². The summed E-state index contributed by atoms with van der Waals surface area (Å²) in [5.74, 6) is -0.259. The van der Waals surface area contributed by atoms with Crippen molar-refractivity contribution in [3.63, 3.8) is 0 Å². The van der Waals surface area contributed by atoms with Crippen LogP contribution in [0.2, 0.25) is 0 Å². The van der Waals surface area contributed by atoms with E-state index in [1.165, 1.54) is 30.3 Å². The number of sulfonamides is 1. The molecule has 3 aromatic rings. The first-order valence-corrected chi connectivity index (χ1v) is 11.4. The van der Waals surface area contributed by atoms with Gasteiger partial charge in [0.1, 0.15) is 0 Å². The summed E-state index contributed by atoms with van der Waals surface area (Å²) in [5, 5.41) is 0. The molecular formula is C23H21N3O6S. The molecule has 0 bridgehead atoms. The van der Waals surface area contributed by atoms with Crippen molar-refractivity contribution in [2.45, 2.75) is 18.7 Å². The van der Waals surface area contributed by atoms with E-state index in [0.29, 0.717) is 22.7 Å². The number of hydrogen-bond donors (Lipinski definition) is 3. The first kappa shape index (κ1) is 22.2. The van der Waals surface area contributed by atoms with Gasteiger partial charge in [-0.25, -0.2) is 8.42 Å². The highest BCUT2D eigenvalue weighted by atomic mass is 32.2. The Labute approximate surface area is 190 Å². The molecule has 4 rings (SSSR count). The number of benzene rings is 3. The maximum absolute atomic E-state index is 12.8. The number of carbonyl (C=O) groups excluding carboxylic acids is 2. The van der Waals surface area contributed by atoms with Gasteiger partial charge in [-0.2, -0.15) is 0 Å². The van der Waals surface area contributed by atoms with E-state index in [4.69, 9.17) is 9.47 Å². The van der Waals surface area contributed by atoms with E-state index >= 15 is 0 Å². The first-order chi connectivity index (χ1) is 15.7. The molecule has 2 amide bonds. The van der Waals surface area contributed by atoms with Crippen LogP contribution in [0.5, 0.6) is 11.5 Å². The summed E-state index contributed by atoms with van der Waals surface area (Å²) in [5.41, 5.74) is 6.86. The van der Waals surface area contributed by atoms with Gasteiger partial charge >= 0.3 is 0 Å². The van der Waals surface area contributed by atoms with Crippen molar-refractivity contribution < 1.29 is 27.5 Å². The van der Waals surface area contributed by atoms with E-state index in [0.717, 1.165) is 5.56 Å². The molecule has 0 aromatic heterocycles. The Morgan fingerprint density at radius 3 is 2.39 bits per heavy atom. The van der Waals surface area contributed by atoms with Crippen molar-refractivity contribution in [1.82, 2.24) is 10.9 Å². The molecular weight excluding hydrogens is 446 g/mol. The van der Waals surface area contributed by atoms with Crippen molar-refractivity contribution >= 4 is 27.5 Å². The molecule has 0 atom stereocenters. The number of hydrogen-bond acceptors (Lipinski definition) is 6. The third-order valence-corrected chi connectivity index (χ3v) is 6.34. The molecule has 170 valence electrons. The smallest absolute Gasteiger partial charge is 0.270 e. The highest BCUT2D eigenvalue weighted by molar-refractivity contribution is 7.92. The Kier molecular flexibility index (Phi) is 5.93. The molecule has 1 heterocycles. The molecule has 0 unspecified atom stereocenters. The summed E-state index contributed by atoms with van der Waals surface area (Å²) < 4.78 is 38.6. The summed E-state index contributed by atoms with van der Waals surface area (Å²) in [7, 11) is -3.93. The quantitative estimate of drug-likeness (QED) is 0.496. The van der Waals surface area contributed by atoms with Crippen LogP contribution >= 0.6 is 0 Å². The van der Waals surface area contributed by atoms with E-state index in [1.807, 2.05) is 13.0 Å². The van der Waals surface area contributed by atoms with Crippen LogP contribution in [0.1, 0.15) is 31.8 Å². The molecule has 10 heteroatoms. The van der Waals surface area contributed by atoms with Gasteiger partial charge in [0.15, 0.2) is 11.5 Å². The summed E-state index contributed by atoms with van der Waals surface area (Å²) >= 11 is 0. The Morgan fingerprint density at radius 2 is 1.61 bits per heavy atom. The molecule has 3 aromatic carbocycles. The third kappa shape index (κ3) is 4.90. The molecule has 1 aliphatic heterocycles. The number of rotatable bonds is 5. The number of aryl methyl sites for hydroxylation is 2. The van der Waals surface area contributed by atoms with Gasteiger partial charge in [-0.1, -0.05) is 18.2 Å². The van der Waals surface area contributed by atoms with Gasteiger partial charge in [-0.05, 0) is 67.4 Å². The van der Waals surface area contributed by atoms with Gasteiger partial charge < -0.3 is 9.47 Å². The normalized spacial score (nSPS) is 12.2. The highest BCUT2D eigenvalue weighted by Gasteiger charge is 2.20. The topological polar surface area (TPSA) is 123 Å². The van der Waals surface area contributed by atoms with Crippen LogP contribution in [-0.2, 0) is 10.0 Å². The summed E-state index contributed by atoms with van der Waals surface area (Å²) in [6.45, 7) is 3.59. The van der Waals surface area contributed by atoms with Gasteiger partial charge in [0.2, 0.25) is 6.79 Å². The van der Waals surface area contributed by atoms with E-state index in [-0.39, 0.29) is 22.8 Å². The van der Waals surface area contributed by atoms with Gasteiger partial charge in [0.05, 0.1) is 4.90 Å². The summed E-state index contributed by atoms with van der Waals surface area (Å²) in [4.78, 5) is 25.0. The van der Waals surface area contributed by atoms with E-state index in [1.54, 1.807) is 31.2 Å². The van der Waals surface area contributed by atoms with Crippen LogP contribution in [0.3, 0.4) is 0 Å². The maximum atomic E-state index is 12.8. The number of nitrogens with one attached hydrogen (secondary N) is 3. The fraction of sp³-hybridized carbons (Fsp3) is 0.130. The molecule has 33 heavy (non-hydrogen) atoms. The lowest BCUT2D eigenvalue weighted by Crippen LogP contribution is -2.41. The number of anilines is 1. The van der Waals surface area contributed by atoms with Crippen molar-refractivity contribution in [3.05, 3.63) is 82.9 Å². The number of fused-ring (bicyclic) bond motifs is 1. The van der Waals surface area contributed by atoms with Gasteiger partial charge in [-0.15, -0.1) is 0 Å². The van der Waals surface area contributed by atoms with Crippen LogP contribution in [0, 0.1) is 13.8 Å². The standard InChI is InChI=1S/C23H21N3O6S/c1-14-4-3-5-17(10-14)26-33(29,30)18-8-6-15(2)19(12-18)23(28)25-24-22(27)16-7-9-20-21(11-16)32-13-31-20/h3-12,26H,13H2,1-2H3,(H,24,27)(H,25,28). The molecule has 0 radical (unpaired) electrons. The lowest BCUT2D eigenvalue weighted by molar-refractivity contribution is 0.0846. The number of amides is 2. The second-order valence-electron chi connectivity index (χ2n) is 7.43. The highest BCUT2D eigenvalue weighted by Crippen LogP contribution is 2.32. The molecule has 0 aliphatic carbocycles. The Balaban J connectivity index is 1.47. The predicted octanol–water partition coefficient (Wildman–Crippen LogP) is 2.91. The molecule has 3 N–H and O–H groups in total. The van der Waals surface area contributed by atoms with E-state index < -0.39 is 21.8 Å². The van der Waals surface area contributed by atoms with Gasteiger partial charge in [0, 0.05) is 16.8 Å². The minimum Gasteiger partial charge on any atom is -0.454 e. The van der Waals surface area contributed by atoms with Crippen LogP contribution < -0.4 is 25.0 Å². The molecule has 0 saturated heterocycles. The minimum absolute atomic E-state index is 0.0778. The molecule has 0 saturated carbocycles. The molecule has 9 nitrogen and oxygen atoms in total. The van der Waals surface area contributed by atoms with Crippen LogP contribution in [0.15, 0.2) is 65.6 Å². The Morgan fingerprint density at radius 1 is 0.848 bits per heavy atom.